The lowest BCUT2D eigenvalue weighted by Gasteiger charge is -2.08. The Morgan fingerprint density at radius 3 is 2.81 bits per heavy atom. The van der Waals surface area contributed by atoms with Crippen LogP contribution in [0.15, 0.2) is 23.5 Å². The normalized spacial score (nSPS) is 11.7. The molecule has 1 aromatic heterocycles. The summed E-state index contributed by atoms with van der Waals surface area (Å²) >= 11 is 0. The van der Waals surface area contributed by atoms with Gasteiger partial charge in [0.1, 0.15) is 5.69 Å². The number of aromatic nitrogens is 1. The molecule has 0 saturated heterocycles. The van der Waals surface area contributed by atoms with Crippen molar-refractivity contribution in [3.63, 3.8) is 0 Å². The Morgan fingerprint density at radius 1 is 1.48 bits per heavy atom. The molecule has 0 fully saturated rings. The van der Waals surface area contributed by atoms with Crippen LogP contribution in [0.2, 0.25) is 0 Å². The maximum atomic E-state index is 11.8. The Bertz CT molecular complexity index is 472. The average molecular weight is 294 g/mol. The summed E-state index contributed by atoms with van der Waals surface area (Å²) in [5, 5.41) is 14.2. The SMILES string of the molecule is CC(C)OCCCCNC(=O)c1ccc(/C(N)=N/O)cn1. The van der Waals surface area contributed by atoms with Crippen molar-refractivity contribution in [1.82, 2.24) is 10.3 Å². The molecule has 21 heavy (non-hydrogen) atoms. The summed E-state index contributed by atoms with van der Waals surface area (Å²) in [6.07, 6.45) is 3.37. The smallest absolute Gasteiger partial charge is 0.269 e. The van der Waals surface area contributed by atoms with Gasteiger partial charge in [-0.05, 0) is 38.8 Å². The molecule has 7 heteroatoms. The van der Waals surface area contributed by atoms with Gasteiger partial charge in [-0.25, -0.2) is 0 Å². The molecule has 0 saturated carbocycles. The molecule has 116 valence electrons. The highest BCUT2D eigenvalue weighted by Gasteiger charge is 2.07. The van der Waals surface area contributed by atoms with Crippen LogP contribution in [0.5, 0.6) is 0 Å². The van der Waals surface area contributed by atoms with Crippen LogP contribution in [0.4, 0.5) is 0 Å². The number of pyridine rings is 1. The van der Waals surface area contributed by atoms with Gasteiger partial charge in [-0.3, -0.25) is 9.78 Å². The van der Waals surface area contributed by atoms with Crippen LogP contribution in [0.3, 0.4) is 0 Å². The van der Waals surface area contributed by atoms with E-state index in [-0.39, 0.29) is 17.8 Å². The zero-order chi connectivity index (χ0) is 15.7. The molecular weight excluding hydrogens is 272 g/mol. The summed E-state index contributed by atoms with van der Waals surface area (Å²) in [7, 11) is 0. The summed E-state index contributed by atoms with van der Waals surface area (Å²) < 4.78 is 5.41. The molecule has 0 bridgehead atoms. The van der Waals surface area contributed by atoms with Crippen LogP contribution in [0.25, 0.3) is 0 Å². The summed E-state index contributed by atoms with van der Waals surface area (Å²) in [5.41, 5.74) is 6.17. The third kappa shape index (κ3) is 6.22. The van der Waals surface area contributed by atoms with Gasteiger partial charge in [0.25, 0.3) is 5.91 Å². The van der Waals surface area contributed by atoms with E-state index < -0.39 is 0 Å². The van der Waals surface area contributed by atoms with Gasteiger partial charge in [-0.2, -0.15) is 0 Å². The zero-order valence-electron chi connectivity index (χ0n) is 12.4. The molecule has 0 spiro atoms. The average Bonchev–Trinajstić information content (AvgIpc) is 2.49. The van der Waals surface area contributed by atoms with Gasteiger partial charge in [0.2, 0.25) is 0 Å². The topological polar surface area (TPSA) is 110 Å². The number of nitrogens with one attached hydrogen (secondary N) is 1. The largest absolute Gasteiger partial charge is 0.409 e. The summed E-state index contributed by atoms with van der Waals surface area (Å²) in [6, 6.07) is 3.11. The second-order valence-corrected chi connectivity index (χ2v) is 4.80. The number of ether oxygens (including phenoxy) is 1. The minimum Gasteiger partial charge on any atom is -0.409 e. The first-order chi connectivity index (χ1) is 10.0. The first-order valence-corrected chi connectivity index (χ1v) is 6.88. The number of oxime groups is 1. The van der Waals surface area contributed by atoms with Gasteiger partial charge in [-0.1, -0.05) is 5.16 Å². The molecule has 4 N–H and O–H groups in total. The lowest BCUT2D eigenvalue weighted by Crippen LogP contribution is -2.26. The molecule has 1 rings (SSSR count). The van der Waals surface area contributed by atoms with E-state index in [9.17, 15) is 4.79 Å². The van der Waals surface area contributed by atoms with E-state index in [0.29, 0.717) is 24.4 Å². The Balaban J connectivity index is 2.32. The molecule has 0 aromatic carbocycles. The van der Waals surface area contributed by atoms with Crippen molar-refractivity contribution in [2.24, 2.45) is 10.9 Å². The summed E-state index contributed by atoms with van der Waals surface area (Å²) in [5.74, 6) is -0.287. The van der Waals surface area contributed by atoms with Crippen molar-refractivity contribution in [1.29, 1.82) is 0 Å². The van der Waals surface area contributed by atoms with Crippen molar-refractivity contribution < 1.29 is 14.7 Å². The van der Waals surface area contributed by atoms with Crippen molar-refractivity contribution in [3.8, 4) is 0 Å². The number of nitrogens with two attached hydrogens (primary N) is 1. The Morgan fingerprint density at radius 2 is 2.24 bits per heavy atom. The highest BCUT2D eigenvalue weighted by atomic mass is 16.5. The third-order valence-corrected chi connectivity index (χ3v) is 2.71. The fourth-order valence-electron chi connectivity index (χ4n) is 1.58. The van der Waals surface area contributed by atoms with Crippen molar-refractivity contribution in [3.05, 3.63) is 29.6 Å². The number of hydrogen-bond acceptors (Lipinski definition) is 5. The van der Waals surface area contributed by atoms with Crippen LogP contribution in [0, 0.1) is 0 Å². The van der Waals surface area contributed by atoms with Crippen LogP contribution in [-0.4, -0.2) is 41.2 Å². The van der Waals surface area contributed by atoms with Gasteiger partial charge >= 0.3 is 0 Å². The van der Waals surface area contributed by atoms with E-state index in [2.05, 4.69) is 15.5 Å². The number of nitrogens with zero attached hydrogens (tertiary/aromatic N) is 2. The summed E-state index contributed by atoms with van der Waals surface area (Å²) in [4.78, 5) is 15.8. The molecule has 1 heterocycles. The quantitative estimate of drug-likeness (QED) is 0.219. The fraction of sp³-hybridized carbons (Fsp3) is 0.500. The first-order valence-electron chi connectivity index (χ1n) is 6.88. The molecule has 0 aliphatic carbocycles. The van der Waals surface area contributed by atoms with Crippen LogP contribution < -0.4 is 11.1 Å². The Labute approximate surface area is 124 Å². The van der Waals surface area contributed by atoms with Crippen molar-refractivity contribution >= 4 is 11.7 Å². The van der Waals surface area contributed by atoms with Gasteiger partial charge in [-0.15, -0.1) is 0 Å². The zero-order valence-corrected chi connectivity index (χ0v) is 12.4. The molecule has 1 amide bonds. The molecule has 0 aliphatic heterocycles. The lowest BCUT2D eigenvalue weighted by atomic mass is 10.2. The number of carbonyl (C=O) groups is 1. The van der Waals surface area contributed by atoms with Gasteiger partial charge in [0.15, 0.2) is 5.84 Å². The van der Waals surface area contributed by atoms with E-state index >= 15 is 0 Å². The highest BCUT2D eigenvalue weighted by Crippen LogP contribution is 2.00. The number of amidine groups is 1. The van der Waals surface area contributed by atoms with Gasteiger partial charge < -0.3 is 21.0 Å². The fourth-order valence-corrected chi connectivity index (χ4v) is 1.58. The van der Waals surface area contributed by atoms with Crippen LogP contribution in [0.1, 0.15) is 42.7 Å². The number of carbonyl (C=O) groups excluding carboxylic acids is 1. The molecule has 0 aliphatic rings. The monoisotopic (exact) mass is 294 g/mol. The molecule has 0 atom stereocenters. The summed E-state index contributed by atoms with van der Waals surface area (Å²) in [6.45, 7) is 5.25. The van der Waals surface area contributed by atoms with E-state index in [1.54, 1.807) is 6.07 Å². The highest BCUT2D eigenvalue weighted by molar-refractivity contribution is 5.98. The Kier molecular flexibility index (Phi) is 7.17. The van der Waals surface area contributed by atoms with Crippen LogP contribution >= 0.6 is 0 Å². The molecule has 0 radical (unpaired) electrons. The molecule has 0 unspecified atom stereocenters. The number of amides is 1. The maximum absolute atomic E-state index is 11.8. The van der Waals surface area contributed by atoms with E-state index in [1.807, 2.05) is 13.8 Å². The third-order valence-electron chi connectivity index (χ3n) is 2.71. The van der Waals surface area contributed by atoms with E-state index in [1.165, 1.54) is 12.3 Å². The minimum absolute atomic E-state index is 0.0420. The number of unbranched alkanes of at least 4 members (excludes halogenated alkanes) is 1. The Hall–Kier alpha value is -2.15. The number of rotatable bonds is 8. The lowest BCUT2D eigenvalue weighted by molar-refractivity contribution is 0.0754. The van der Waals surface area contributed by atoms with E-state index in [4.69, 9.17) is 15.7 Å². The van der Waals surface area contributed by atoms with E-state index in [0.717, 1.165) is 12.8 Å². The van der Waals surface area contributed by atoms with Gasteiger partial charge in [0, 0.05) is 24.9 Å². The minimum atomic E-state index is -0.245. The van der Waals surface area contributed by atoms with Crippen LogP contribution in [-0.2, 0) is 4.74 Å². The van der Waals surface area contributed by atoms with Gasteiger partial charge in [0.05, 0.1) is 6.10 Å². The van der Waals surface area contributed by atoms with Crippen molar-refractivity contribution in [2.75, 3.05) is 13.2 Å². The second kappa shape index (κ2) is 8.91. The predicted octanol–water partition coefficient (Wildman–Crippen LogP) is 1.11. The standard InChI is InChI=1S/C14H22N4O3/c1-10(2)21-8-4-3-7-16-14(19)12-6-5-11(9-17-12)13(15)18-20/h5-6,9-10,20H,3-4,7-8H2,1-2H3,(H2,15,18)(H,16,19). The molecule has 1 aromatic rings. The maximum Gasteiger partial charge on any atom is 0.269 e. The molecule has 7 nitrogen and oxygen atoms in total. The molecular formula is C14H22N4O3. The van der Waals surface area contributed by atoms with Crippen molar-refractivity contribution in [2.45, 2.75) is 32.8 Å². The number of hydrogen-bond donors (Lipinski definition) is 3. The predicted molar refractivity (Wildman–Crippen MR) is 79.4 cm³/mol. The second-order valence-electron chi connectivity index (χ2n) is 4.80. The first kappa shape index (κ1) is 16.9.